The third-order valence-corrected chi connectivity index (χ3v) is 2.64. The summed E-state index contributed by atoms with van der Waals surface area (Å²) in [6.45, 7) is 0.877. The number of nitrogens with two attached hydrogens (primary N) is 1. The van der Waals surface area contributed by atoms with Gasteiger partial charge in [-0.05, 0) is 30.3 Å². The first-order valence-electron chi connectivity index (χ1n) is 5.31. The molecule has 17 heavy (non-hydrogen) atoms. The lowest BCUT2D eigenvalue weighted by atomic mass is 10.2. The highest BCUT2D eigenvalue weighted by Crippen LogP contribution is 2.17. The Morgan fingerprint density at radius 2 is 1.94 bits per heavy atom. The first-order chi connectivity index (χ1) is 8.29. The van der Waals surface area contributed by atoms with E-state index in [0.717, 1.165) is 17.0 Å². The topological polar surface area (TPSA) is 48.1 Å². The molecule has 0 fully saturated rings. The third-order valence-electron chi connectivity index (χ3n) is 2.39. The van der Waals surface area contributed by atoms with Gasteiger partial charge in [-0.2, -0.15) is 0 Å². The average molecular weight is 249 g/mol. The molecule has 3 nitrogen and oxygen atoms in total. The second kappa shape index (κ2) is 5.66. The lowest BCUT2D eigenvalue weighted by Gasteiger charge is -2.08. The van der Waals surface area contributed by atoms with Crippen LogP contribution in [0.1, 0.15) is 11.3 Å². The van der Waals surface area contributed by atoms with E-state index in [1.807, 2.05) is 24.3 Å². The molecule has 0 spiro atoms. The van der Waals surface area contributed by atoms with Crippen LogP contribution in [0, 0.1) is 0 Å². The van der Waals surface area contributed by atoms with Gasteiger partial charge in [0.2, 0.25) is 0 Å². The van der Waals surface area contributed by atoms with E-state index < -0.39 is 0 Å². The summed E-state index contributed by atoms with van der Waals surface area (Å²) in [6.07, 6.45) is 1.73. The number of ether oxygens (including phenoxy) is 1. The van der Waals surface area contributed by atoms with Crippen LogP contribution in [0.3, 0.4) is 0 Å². The summed E-state index contributed by atoms with van der Waals surface area (Å²) >= 11 is 5.79. The maximum atomic E-state index is 5.79. The summed E-state index contributed by atoms with van der Waals surface area (Å²) in [6, 6.07) is 11.1. The molecule has 1 aromatic carbocycles. The molecule has 0 aliphatic rings. The predicted octanol–water partition coefficient (Wildman–Crippen LogP) is 2.77. The largest absolute Gasteiger partial charge is 0.489 e. The van der Waals surface area contributed by atoms with E-state index in [1.54, 1.807) is 18.3 Å². The minimum atomic E-state index is 0.417. The van der Waals surface area contributed by atoms with E-state index in [2.05, 4.69) is 4.98 Å². The smallest absolute Gasteiger partial charge is 0.119 e. The molecule has 0 bridgehead atoms. The van der Waals surface area contributed by atoms with Gasteiger partial charge >= 0.3 is 0 Å². The molecule has 0 saturated heterocycles. The van der Waals surface area contributed by atoms with Crippen molar-refractivity contribution >= 4 is 11.6 Å². The van der Waals surface area contributed by atoms with Crippen molar-refractivity contribution in [3.63, 3.8) is 0 Å². The fourth-order valence-corrected chi connectivity index (χ4v) is 1.60. The molecule has 88 valence electrons. The fraction of sp³-hybridized carbons (Fsp3) is 0.154. The van der Waals surface area contributed by atoms with E-state index in [0.29, 0.717) is 18.2 Å². The minimum absolute atomic E-state index is 0.417. The van der Waals surface area contributed by atoms with Gasteiger partial charge in [0.1, 0.15) is 12.4 Å². The molecule has 0 radical (unpaired) electrons. The van der Waals surface area contributed by atoms with Gasteiger partial charge in [0.05, 0.1) is 5.69 Å². The van der Waals surface area contributed by atoms with Crippen LogP contribution in [0.5, 0.6) is 5.75 Å². The Kier molecular flexibility index (Phi) is 3.96. The van der Waals surface area contributed by atoms with Gasteiger partial charge in [-0.1, -0.05) is 17.7 Å². The van der Waals surface area contributed by atoms with Crippen LogP contribution in [0.4, 0.5) is 0 Å². The first-order valence-corrected chi connectivity index (χ1v) is 5.68. The van der Waals surface area contributed by atoms with E-state index in [4.69, 9.17) is 22.1 Å². The number of halogens is 1. The van der Waals surface area contributed by atoms with E-state index in [9.17, 15) is 0 Å². The quantitative estimate of drug-likeness (QED) is 0.905. The van der Waals surface area contributed by atoms with Gasteiger partial charge in [0.15, 0.2) is 0 Å². The Labute approximate surface area is 105 Å². The first kappa shape index (κ1) is 11.9. The van der Waals surface area contributed by atoms with Crippen LogP contribution < -0.4 is 10.5 Å². The predicted molar refractivity (Wildman–Crippen MR) is 67.9 cm³/mol. The van der Waals surface area contributed by atoms with E-state index in [-0.39, 0.29) is 0 Å². The molecule has 2 rings (SSSR count). The zero-order valence-electron chi connectivity index (χ0n) is 9.27. The molecule has 4 heteroatoms. The second-order valence-electron chi connectivity index (χ2n) is 3.56. The number of pyridine rings is 1. The van der Waals surface area contributed by atoms with E-state index in [1.165, 1.54) is 0 Å². The maximum Gasteiger partial charge on any atom is 0.119 e. The van der Waals surface area contributed by atoms with Crippen molar-refractivity contribution in [1.29, 1.82) is 0 Å². The monoisotopic (exact) mass is 248 g/mol. The molecule has 0 atom stereocenters. The van der Waals surface area contributed by atoms with Crippen molar-refractivity contribution in [3.8, 4) is 5.75 Å². The zero-order chi connectivity index (χ0) is 12.1. The van der Waals surface area contributed by atoms with Crippen molar-refractivity contribution in [2.45, 2.75) is 13.2 Å². The summed E-state index contributed by atoms with van der Waals surface area (Å²) < 4.78 is 5.64. The maximum absolute atomic E-state index is 5.79. The number of aromatic nitrogens is 1. The summed E-state index contributed by atoms with van der Waals surface area (Å²) in [4.78, 5) is 4.20. The highest BCUT2D eigenvalue weighted by atomic mass is 35.5. The Balaban J connectivity index is 2.04. The average Bonchev–Trinajstić information content (AvgIpc) is 2.38. The van der Waals surface area contributed by atoms with Gasteiger partial charge in [-0.15, -0.1) is 0 Å². The van der Waals surface area contributed by atoms with Crippen molar-refractivity contribution in [2.75, 3.05) is 0 Å². The molecule has 0 saturated carbocycles. The summed E-state index contributed by atoms with van der Waals surface area (Å²) in [5, 5.41) is 0.696. The van der Waals surface area contributed by atoms with Crippen molar-refractivity contribution in [2.24, 2.45) is 5.73 Å². The lowest BCUT2D eigenvalue weighted by Crippen LogP contribution is -2.06. The van der Waals surface area contributed by atoms with Crippen molar-refractivity contribution in [1.82, 2.24) is 4.98 Å². The van der Waals surface area contributed by atoms with Crippen LogP contribution in [0.15, 0.2) is 42.6 Å². The minimum Gasteiger partial charge on any atom is -0.489 e. The zero-order valence-corrected chi connectivity index (χ0v) is 10.0. The van der Waals surface area contributed by atoms with Gasteiger partial charge in [-0.3, -0.25) is 4.98 Å². The van der Waals surface area contributed by atoms with Gasteiger partial charge < -0.3 is 10.5 Å². The number of benzene rings is 1. The molecule has 2 N–H and O–H groups in total. The highest BCUT2D eigenvalue weighted by molar-refractivity contribution is 6.30. The molecule has 0 aliphatic heterocycles. The Bertz CT molecular complexity index is 485. The third kappa shape index (κ3) is 3.19. The highest BCUT2D eigenvalue weighted by Gasteiger charge is 2.02. The second-order valence-corrected chi connectivity index (χ2v) is 3.99. The van der Waals surface area contributed by atoms with Gasteiger partial charge in [-0.25, -0.2) is 0 Å². The Morgan fingerprint density at radius 1 is 1.18 bits per heavy atom. The molecule has 0 amide bonds. The Morgan fingerprint density at radius 3 is 2.65 bits per heavy atom. The standard InChI is InChI=1S/C13H13ClN2O/c14-11-3-5-12(6-4-11)17-9-10-2-1-7-16-13(10)8-15/h1-7H,8-9,15H2. The van der Waals surface area contributed by atoms with Gasteiger partial charge in [0, 0.05) is 23.3 Å². The van der Waals surface area contributed by atoms with Crippen molar-refractivity contribution < 1.29 is 4.74 Å². The van der Waals surface area contributed by atoms with Crippen LogP contribution >= 0.6 is 11.6 Å². The molecule has 1 aromatic heterocycles. The van der Waals surface area contributed by atoms with Crippen molar-refractivity contribution in [3.05, 3.63) is 58.9 Å². The van der Waals surface area contributed by atoms with Crippen LogP contribution in [-0.4, -0.2) is 4.98 Å². The number of rotatable bonds is 4. The SMILES string of the molecule is NCc1ncccc1COc1ccc(Cl)cc1. The molecule has 1 heterocycles. The molecular formula is C13H13ClN2O. The molecule has 0 aliphatic carbocycles. The summed E-state index contributed by atoms with van der Waals surface area (Å²) in [7, 11) is 0. The summed E-state index contributed by atoms with van der Waals surface area (Å²) in [5.41, 5.74) is 7.47. The lowest BCUT2D eigenvalue weighted by molar-refractivity contribution is 0.304. The van der Waals surface area contributed by atoms with Crippen LogP contribution in [0.2, 0.25) is 5.02 Å². The fourth-order valence-electron chi connectivity index (χ4n) is 1.48. The van der Waals surface area contributed by atoms with Crippen LogP contribution in [-0.2, 0) is 13.2 Å². The number of nitrogens with zero attached hydrogens (tertiary/aromatic N) is 1. The normalized spacial score (nSPS) is 10.2. The molecule has 0 unspecified atom stereocenters. The molecule has 2 aromatic rings. The van der Waals surface area contributed by atoms with E-state index >= 15 is 0 Å². The number of hydrogen-bond acceptors (Lipinski definition) is 3. The summed E-state index contributed by atoms with van der Waals surface area (Å²) in [5.74, 6) is 0.779. The van der Waals surface area contributed by atoms with Crippen LogP contribution in [0.25, 0.3) is 0 Å². The Hall–Kier alpha value is -1.58. The van der Waals surface area contributed by atoms with Gasteiger partial charge in [0.25, 0.3) is 0 Å². The number of hydrogen-bond donors (Lipinski definition) is 1. The molecular weight excluding hydrogens is 236 g/mol.